The van der Waals surface area contributed by atoms with Gasteiger partial charge in [-0.3, -0.25) is 0 Å². The van der Waals surface area contributed by atoms with E-state index in [9.17, 15) is 0 Å². The molecule has 1 saturated carbocycles. The van der Waals surface area contributed by atoms with Gasteiger partial charge in [0.1, 0.15) is 0 Å². The van der Waals surface area contributed by atoms with Crippen LogP contribution in [0.15, 0.2) is 22.7 Å². The van der Waals surface area contributed by atoms with E-state index >= 15 is 0 Å². The van der Waals surface area contributed by atoms with Crippen LogP contribution in [0.2, 0.25) is 0 Å². The van der Waals surface area contributed by atoms with E-state index in [1.165, 1.54) is 47.7 Å². The van der Waals surface area contributed by atoms with E-state index < -0.39 is 0 Å². The third kappa shape index (κ3) is 3.85. The first-order chi connectivity index (χ1) is 9.65. The first-order valence-electron chi connectivity index (χ1n) is 8.16. The summed E-state index contributed by atoms with van der Waals surface area (Å²) in [4.78, 5) is 0. The lowest BCUT2D eigenvalue weighted by atomic mass is 9.72. The molecule has 0 bridgehead atoms. The number of halogens is 1. The van der Waals surface area contributed by atoms with Gasteiger partial charge in [-0.2, -0.15) is 0 Å². The number of benzene rings is 1. The van der Waals surface area contributed by atoms with E-state index in [-0.39, 0.29) is 0 Å². The molecule has 112 valence electrons. The van der Waals surface area contributed by atoms with Crippen molar-refractivity contribution >= 4 is 15.9 Å². The highest BCUT2D eigenvalue weighted by molar-refractivity contribution is 9.10. The smallest absolute Gasteiger partial charge is 0.0351 e. The highest BCUT2D eigenvalue weighted by atomic mass is 79.9. The summed E-state index contributed by atoms with van der Waals surface area (Å²) in [6, 6.07) is 7.38. The van der Waals surface area contributed by atoms with Gasteiger partial charge in [-0.05, 0) is 55.0 Å². The Morgan fingerprint density at radius 2 is 1.95 bits per heavy atom. The minimum atomic E-state index is 0.515. The van der Waals surface area contributed by atoms with E-state index in [1.54, 1.807) is 0 Å². The van der Waals surface area contributed by atoms with Crippen molar-refractivity contribution in [3.05, 3.63) is 33.8 Å². The van der Waals surface area contributed by atoms with Crippen molar-refractivity contribution in [2.45, 2.75) is 58.9 Å². The van der Waals surface area contributed by atoms with Crippen LogP contribution in [-0.4, -0.2) is 6.54 Å². The van der Waals surface area contributed by atoms with Gasteiger partial charge in [0.25, 0.3) is 0 Å². The number of hydrogen-bond acceptors (Lipinski definition) is 1. The predicted molar refractivity (Wildman–Crippen MR) is 91.0 cm³/mol. The summed E-state index contributed by atoms with van der Waals surface area (Å²) in [5.41, 5.74) is 2.81. The van der Waals surface area contributed by atoms with E-state index in [1.807, 2.05) is 0 Å². The molecular weight excluding hydrogens is 310 g/mol. The number of rotatable bonds is 5. The van der Waals surface area contributed by atoms with Gasteiger partial charge in [-0.25, -0.2) is 0 Å². The minimum absolute atomic E-state index is 0.515. The summed E-state index contributed by atoms with van der Waals surface area (Å²) in [7, 11) is 0. The molecule has 1 aromatic rings. The lowest BCUT2D eigenvalue weighted by Crippen LogP contribution is -2.34. The Morgan fingerprint density at radius 1 is 1.20 bits per heavy atom. The molecule has 0 saturated heterocycles. The number of nitrogens with one attached hydrogen (secondary N) is 1. The lowest BCUT2D eigenvalue weighted by molar-refractivity contribution is 0.176. The van der Waals surface area contributed by atoms with Gasteiger partial charge >= 0.3 is 0 Å². The molecule has 1 nitrogen and oxygen atoms in total. The van der Waals surface area contributed by atoms with Crippen molar-refractivity contribution in [1.82, 2.24) is 5.32 Å². The Kier molecular flexibility index (Phi) is 6.10. The molecule has 20 heavy (non-hydrogen) atoms. The Bertz CT molecular complexity index is 409. The molecule has 3 unspecified atom stereocenters. The van der Waals surface area contributed by atoms with Crippen molar-refractivity contribution in [3.63, 3.8) is 0 Å². The molecule has 0 aliphatic heterocycles. The van der Waals surface area contributed by atoms with Gasteiger partial charge in [0.2, 0.25) is 0 Å². The van der Waals surface area contributed by atoms with Crippen molar-refractivity contribution in [2.75, 3.05) is 6.54 Å². The van der Waals surface area contributed by atoms with Crippen molar-refractivity contribution in [1.29, 1.82) is 0 Å². The van der Waals surface area contributed by atoms with Crippen LogP contribution < -0.4 is 5.32 Å². The third-order valence-electron chi connectivity index (χ3n) is 4.77. The second-order valence-electron chi connectivity index (χ2n) is 6.21. The predicted octanol–water partition coefficient (Wildman–Crippen LogP) is 5.62. The van der Waals surface area contributed by atoms with E-state index in [4.69, 9.17) is 0 Å². The quantitative estimate of drug-likeness (QED) is 0.734. The highest BCUT2D eigenvalue weighted by Gasteiger charge is 2.31. The van der Waals surface area contributed by atoms with Gasteiger partial charge in [0, 0.05) is 10.5 Å². The van der Waals surface area contributed by atoms with Gasteiger partial charge in [0.15, 0.2) is 0 Å². The Morgan fingerprint density at radius 3 is 2.60 bits per heavy atom. The second kappa shape index (κ2) is 7.61. The van der Waals surface area contributed by atoms with Gasteiger partial charge in [-0.1, -0.05) is 61.5 Å². The molecular formula is C18H28BrN. The molecule has 1 aromatic carbocycles. The SMILES string of the molecule is CCNC(c1cc(C)cc(Br)c1)C1CCCCC1CC. The zero-order valence-electron chi connectivity index (χ0n) is 13.1. The molecule has 1 fully saturated rings. The molecule has 1 N–H and O–H groups in total. The standard InChI is InChI=1S/C18H28BrN/c1-4-14-8-6-7-9-17(14)18(20-5-2)15-10-13(3)11-16(19)12-15/h10-12,14,17-18,20H,4-9H2,1-3H3. The maximum absolute atomic E-state index is 3.77. The first-order valence-corrected chi connectivity index (χ1v) is 8.95. The van der Waals surface area contributed by atoms with Crippen molar-refractivity contribution < 1.29 is 0 Å². The average Bonchev–Trinajstić information content (AvgIpc) is 2.43. The summed E-state index contributed by atoms with van der Waals surface area (Å²) in [6.45, 7) is 7.82. The fourth-order valence-electron chi connectivity index (χ4n) is 3.86. The van der Waals surface area contributed by atoms with Crippen LogP contribution in [0.5, 0.6) is 0 Å². The zero-order chi connectivity index (χ0) is 14.5. The molecule has 0 heterocycles. The van der Waals surface area contributed by atoms with E-state index in [0.717, 1.165) is 18.4 Å². The van der Waals surface area contributed by atoms with Crippen LogP contribution in [-0.2, 0) is 0 Å². The van der Waals surface area contributed by atoms with Crippen molar-refractivity contribution in [3.8, 4) is 0 Å². The monoisotopic (exact) mass is 337 g/mol. The zero-order valence-corrected chi connectivity index (χ0v) is 14.7. The normalized spacial score (nSPS) is 24.6. The van der Waals surface area contributed by atoms with E-state index in [0.29, 0.717) is 6.04 Å². The first kappa shape index (κ1) is 16.0. The van der Waals surface area contributed by atoms with Crippen LogP contribution in [0.4, 0.5) is 0 Å². The summed E-state index contributed by atoms with van der Waals surface area (Å²) in [5.74, 6) is 1.68. The molecule has 0 radical (unpaired) electrons. The number of aryl methyl sites for hydroxylation is 1. The summed E-state index contributed by atoms with van der Waals surface area (Å²) in [5, 5.41) is 3.77. The minimum Gasteiger partial charge on any atom is -0.310 e. The topological polar surface area (TPSA) is 12.0 Å². The average molecular weight is 338 g/mol. The van der Waals surface area contributed by atoms with Crippen LogP contribution in [0.25, 0.3) is 0 Å². The molecule has 2 rings (SSSR count). The molecule has 0 spiro atoms. The van der Waals surface area contributed by atoms with Crippen molar-refractivity contribution in [2.24, 2.45) is 11.8 Å². The molecule has 3 atom stereocenters. The van der Waals surface area contributed by atoms with Gasteiger partial charge in [-0.15, -0.1) is 0 Å². The fourth-order valence-corrected chi connectivity index (χ4v) is 4.49. The molecule has 0 aromatic heterocycles. The Balaban J connectivity index is 2.28. The lowest BCUT2D eigenvalue weighted by Gasteiger charge is -2.37. The van der Waals surface area contributed by atoms with Crippen LogP contribution in [0.1, 0.15) is 63.1 Å². The number of hydrogen-bond donors (Lipinski definition) is 1. The third-order valence-corrected chi connectivity index (χ3v) is 5.23. The largest absolute Gasteiger partial charge is 0.310 e. The summed E-state index contributed by atoms with van der Waals surface area (Å²) < 4.78 is 1.21. The van der Waals surface area contributed by atoms with E-state index in [2.05, 4.69) is 60.2 Å². The summed E-state index contributed by atoms with van der Waals surface area (Å²) in [6.07, 6.45) is 6.93. The van der Waals surface area contributed by atoms with Gasteiger partial charge in [0.05, 0.1) is 0 Å². The maximum atomic E-state index is 3.77. The molecule has 2 heteroatoms. The van der Waals surface area contributed by atoms with Crippen LogP contribution >= 0.6 is 15.9 Å². The fraction of sp³-hybridized carbons (Fsp3) is 0.667. The molecule has 1 aliphatic carbocycles. The molecule has 1 aliphatic rings. The Labute approximate surface area is 132 Å². The summed E-state index contributed by atoms with van der Waals surface area (Å²) >= 11 is 3.66. The van der Waals surface area contributed by atoms with Gasteiger partial charge < -0.3 is 5.32 Å². The highest BCUT2D eigenvalue weighted by Crippen LogP contribution is 2.40. The van der Waals surface area contributed by atoms with Crippen LogP contribution in [0.3, 0.4) is 0 Å². The second-order valence-corrected chi connectivity index (χ2v) is 7.13. The molecule has 0 amide bonds. The Hall–Kier alpha value is -0.340. The maximum Gasteiger partial charge on any atom is 0.0351 e. The van der Waals surface area contributed by atoms with Crippen LogP contribution in [0, 0.1) is 18.8 Å².